The third kappa shape index (κ3) is 3.27. The minimum Gasteiger partial charge on any atom is -0.463 e. The second-order valence-electron chi connectivity index (χ2n) is 9.26. The molecule has 0 bridgehead atoms. The van der Waals surface area contributed by atoms with Crippen molar-refractivity contribution in [2.45, 2.75) is 31.9 Å². The molecule has 7 nitrogen and oxygen atoms in total. The van der Waals surface area contributed by atoms with Gasteiger partial charge in [-0.3, -0.25) is 4.79 Å². The third-order valence-corrected chi connectivity index (χ3v) is 6.71. The Morgan fingerprint density at radius 1 is 1.09 bits per heavy atom. The lowest BCUT2D eigenvalue weighted by Crippen LogP contribution is -2.62. The monoisotopic (exact) mass is 458 g/mol. The predicted molar refractivity (Wildman–Crippen MR) is 131 cm³/mol. The Hall–Kier alpha value is -4.00. The van der Waals surface area contributed by atoms with E-state index in [4.69, 9.17) is 14.2 Å². The Kier molecular flexibility index (Phi) is 4.82. The second-order valence-corrected chi connectivity index (χ2v) is 9.26. The predicted octanol–water partition coefficient (Wildman–Crippen LogP) is 4.78. The van der Waals surface area contributed by atoms with Crippen LogP contribution in [-0.4, -0.2) is 31.3 Å². The van der Waals surface area contributed by atoms with E-state index in [0.717, 1.165) is 39.5 Å². The molecule has 1 N–H and O–H groups in total. The summed E-state index contributed by atoms with van der Waals surface area (Å²) in [5, 5.41) is 5.54. The van der Waals surface area contributed by atoms with E-state index in [-0.39, 0.29) is 5.97 Å². The highest BCUT2D eigenvalue weighted by molar-refractivity contribution is 5.99. The average molecular weight is 459 g/mol. The van der Waals surface area contributed by atoms with Crippen molar-refractivity contribution in [3.05, 3.63) is 66.7 Å². The fourth-order valence-electron chi connectivity index (χ4n) is 4.95. The molecule has 3 aromatic rings. The summed E-state index contributed by atoms with van der Waals surface area (Å²) in [6.45, 7) is 9.65. The fourth-order valence-corrected chi connectivity index (χ4v) is 4.95. The lowest BCUT2D eigenvalue weighted by atomic mass is 9.76. The zero-order chi connectivity index (χ0) is 24.3. The Balaban J connectivity index is 1.56. The summed E-state index contributed by atoms with van der Waals surface area (Å²) < 4.78 is 17.4. The maximum atomic E-state index is 11.7. The number of carbonyl (C=O) groups is 2. The molecule has 7 heteroatoms. The van der Waals surface area contributed by atoms with Gasteiger partial charge in [0.05, 0.1) is 17.6 Å². The van der Waals surface area contributed by atoms with Crippen LogP contribution < -0.4 is 24.4 Å². The van der Waals surface area contributed by atoms with Crippen LogP contribution in [0, 0.1) is 0 Å². The number of ether oxygens (including phenoxy) is 3. The van der Waals surface area contributed by atoms with Crippen LogP contribution in [0.25, 0.3) is 10.8 Å². The first-order chi connectivity index (χ1) is 16.1. The lowest BCUT2D eigenvalue weighted by molar-refractivity contribution is -0.132. The molecule has 2 heterocycles. The van der Waals surface area contributed by atoms with Crippen molar-refractivity contribution < 1.29 is 23.8 Å². The van der Waals surface area contributed by atoms with Gasteiger partial charge < -0.3 is 24.4 Å². The number of hydrogen-bond acceptors (Lipinski definition) is 7. The largest absolute Gasteiger partial charge is 0.463 e. The van der Waals surface area contributed by atoms with Gasteiger partial charge in [0.25, 0.3) is 0 Å². The smallest absolute Gasteiger partial charge is 0.335 e. The molecule has 1 spiro atoms. The van der Waals surface area contributed by atoms with Gasteiger partial charge in [-0.25, -0.2) is 4.79 Å². The van der Waals surface area contributed by atoms with Gasteiger partial charge in [0.15, 0.2) is 0 Å². The molecule has 2 aliphatic rings. The SMILES string of the molecule is C=CC(=O)Oc1ccc2ccc3c(c2c1)N(C)CC1(Nc2ccc(OC(C)=O)cc2C1(C)C)O3. The van der Waals surface area contributed by atoms with E-state index in [1.807, 2.05) is 43.4 Å². The number of anilines is 2. The molecule has 0 fully saturated rings. The van der Waals surface area contributed by atoms with Crippen molar-refractivity contribution in [2.75, 3.05) is 23.8 Å². The molecule has 1 atom stereocenters. The van der Waals surface area contributed by atoms with E-state index >= 15 is 0 Å². The van der Waals surface area contributed by atoms with E-state index in [1.165, 1.54) is 6.92 Å². The second kappa shape index (κ2) is 7.52. The van der Waals surface area contributed by atoms with Gasteiger partial charge in [-0.2, -0.15) is 0 Å². The van der Waals surface area contributed by atoms with Crippen molar-refractivity contribution in [3.8, 4) is 17.2 Å². The zero-order valence-electron chi connectivity index (χ0n) is 19.6. The summed E-state index contributed by atoms with van der Waals surface area (Å²) in [5.74, 6) is 0.822. The van der Waals surface area contributed by atoms with Crippen molar-refractivity contribution in [3.63, 3.8) is 0 Å². The molecule has 174 valence electrons. The number of nitrogens with one attached hydrogen (secondary N) is 1. The van der Waals surface area contributed by atoms with Gasteiger partial charge in [-0.15, -0.1) is 0 Å². The van der Waals surface area contributed by atoms with Crippen molar-refractivity contribution in [1.29, 1.82) is 0 Å². The molecule has 1 unspecified atom stereocenters. The Bertz CT molecular complexity index is 1360. The molecule has 0 aromatic heterocycles. The number of carbonyl (C=O) groups excluding carboxylic acids is 2. The van der Waals surface area contributed by atoms with Crippen molar-refractivity contribution in [2.24, 2.45) is 0 Å². The number of likely N-dealkylation sites (N-methyl/N-ethyl adjacent to an activating group) is 1. The minimum atomic E-state index is -0.744. The molecule has 0 saturated carbocycles. The highest BCUT2D eigenvalue weighted by Crippen LogP contribution is 2.53. The number of hydrogen-bond donors (Lipinski definition) is 1. The molecule has 0 amide bonds. The van der Waals surface area contributed by atoms with Crippen molar-refractivity contribution in [1.82, 2.24) is 0 Å². The van der Waals surface area contributed by atoms with E-state index in [2.05, 4.69) is 30.6 Å². The number of benzene rings is 3. The highest BCUT2D eigenvalue weighted by Gasteiger charge is 2.57. The van der Waals surface area contributed by atoms with Gasteiger partial charge in [0, 0.05) is 31.1 Å². The standard InChI is InChI=1S/C27H26N2O5/c1-6-24(31)33-18-9-7-17-8-12-23-25(20(17)13-18)29(5)15-27(34-23)26(3,4)21-14-19(32-16(2)30)10-11-22(21)28-27/h6-14,28H,1,15H2,2-5H3. The molecule has 5 rings (SSSR count). The molecule has 0 aliphatic carbocycles. The van der Waals surface area contributed by atoms with Crippen LogP contribution in [0.15, 0.2) is 61.2 Å². The first-order valence-electron chi connectivity index (χ1n) is 11.1. The molecule has 3 aromatic carbocycles. The average Bonchev–Trinajstić information content (AvgIpc) is 2.98. The number of rotatable bonds is 3. The Morgan fingerprint density at radius 2 is 1.79 bits per heavy atom. The van der Waals surface area contributed by atoms with E-state index in [1.54, 1.807) is 12.1 Å². The summed E-state index contributed by atoms with van der Waals surface area (Å²) in [6, 6.07) is 15.1. The lowest BCUT2D eigenvalue weighted by Gasteiger charge is -2.48. The summed E-state index contributed by atoms with van der Waals surface area (Å²) >= 11 is 0. The van der Waals surface area contributed by atoms with E-state index < -0.39 is 17.1 Å². The van der Waals surface area contributed by atoms with Gasteiger partial charge in [-0.1, -0.05) is 18.7 Å². The fraction of sp³-hybridized carbons (Fsp3) is 0.259. The first kappa shape index (κ1) is 21.8. The molecular weight excluding hydrogens is 432 g/mol. The molecular formula is C27H26N2O5. The molecule has 34 heavy (non-hydrogen) atoms. The van der Waals surface area contributed by atoms with Gasteiger partial charge >= 0.3 is 11.9 Å². The molecule has 2 aliphatic heterocycles. The zero-order valence-corrected chi connectivity index (χ0v) is 19.6. The quantitative estimate of drug-likeness (QED) is 0.344. The first-order valence-corrected chi connectivity index (χ1v) is 11.1. The van der Waals surface area contributed by atoms with Crippen LogP contribution in [0.3, 0.4) is 0 Å². The van der Waals surface area contributed by atoms with E-state index in [9.17, 15) is 9.59 Å². The summed E-state index contributed by atoms with van der Waals surface area (Å²) in [4.78, 5) is 25.3. The molecule has 0 saturated heterocycles. The number of nitrogens with zero attached hydrogens (tertiary/aromatic N) is 1. The highest BCUT2D eigenvalue weighted by atomic mass is 16.5. The van der Waals surface area contributed by atoms with Crippen LogP contribution in [0.4, 0.5) is 11.4 Å². The minimum absolute atomic E-state index is 0.356. The van der Waals surface area contributed by atoms with Gasteiger partial charge in [-0.05, 0) is 61.2 Å². The van der Waals surface area contributed by atoms with Gasteiger partial charge in [0.1, 0.15) is 17.2 Å². The Labute approximate surface area is 197 Å². The van der Waals surface area contributed by atoms with Gasteiger partial charge in [0.2, 0.25) is 5.72 Å². The summed E-state index contributed by atoms with van der Waals surface area (Å²) in [7, 11) is 2.02. The Morgan fingerprint density at radius 3 is 2.53 bits per heavy atom. The topological polar surface area (TPSA) is 77.1 Å². The maximum absolute atomic E-state index is 11.7. The van der Waals surface area contributed by atoms with Crippen LogP contribution in [0.2, 0.25) is 0 Å². The summed E-state index contributed by atoms with van der Waals surface area (Å²) in [6.07, 6.45) is 1.14. The normalized spacial score (nSPS) is 19.6. The van der Waals surface area contributed by atoms with E-state index in [0.29, 0.717) is 18.0 Å². The van der Waals surface area contributed by atoms with Crippen LogP contribution in [0.1, 0.15) is 26.3 Å². The third-order valence-electron chi connectivity index (χ3n) is 6.71. The van der Waals surface area contributed by atoms with Crippen LogP contribution in [0.5, 0.6) is 17.2 Å². The van der Waals surface area contributed by atoms with Crippen molar-refractivity contribution >= 4 is 34.1 Å². The molecule has 0 radical (unpaired) electrons. The summed E-state index contributed by atoms with van der Waals surface area (Å²) in [5.41, 5.74) is 1.70. The number of esters is 2. The van der Waals surface area contributed by atoms with Crippen LogP contribution in [-0.2, 0) is 15.0 Å². The maximum Gasteiger partial charge on any atom is 0.335 e. The van der Waals surface area contributed by atoms with Crippen LogP contribution >= 0.6 is 0 Å². The number of fused-ring (bicyclic) bond motifs is 4.